The minimum absolute atomic E-state index is 0.282. The summed E-state index contributed by atoms with van der Waals surface area (Å²) in [6.45, 7) is 2.11. The zero-order valence-electron chi connectivity index (χ0n) is 16.9. The minimum atomic E-state index is -1.39. The number of terminal acetylenes is 1. The van der Waals surface area contributed by atoms with Gasteiger partial charge in [0.25, 0.3) is 0 Å². The van der Waals surface area contributed by atoms with Crippen molar-refractivity contribution >= 4 is 0 Å². The first-order chi connectivity index (χ1) is 13.5. The molecule has 3 fully saturated rings. The molecule has 0 amide bonds. The summed E-state index contributed by atoms with van der Waals surface area (Å²) in [7, 11) is 0. The van der Waals surface area contributed by atoms with E-state index in [4.69, 9.17) is 11.2 Å². The minimum Gasteiger partial charge on any atom is -0.490 e. The van der Waals surface area contributed by atoms with E-state index in [0.29, 0.717) is 24.4 Å². The Morgan fingerprint density at radius 1 is 1.18 bits per heavy atom. The number of benzene rings is 1. The number of aliphatic hydroxyl groups is 2. The molecule has 4 aliphatic carbocycles. The third-order valence-corrected chi connectivity index (χ3v) is 8.74. The van der Waals surface area contributed by atoms with Crippen molar-refractivity contribution in [1.29, 1.82) is 0 Å². The number of ether oxygens (including phenoxy) is 1. The van der Waals surface area contributed by atoms with E-state index in [-0.39, 0.29) is 11.3 Å². The zero-order chi connectivity index (χ0) is 19.5. The Bertz CT molecular complexity index is 805. The van der Waals surface area contributed by atoms with Crippen LogP contribution in [0.5, 0.6) is 5.75 Å². The van der Waals surface area contributed by atoms with Crippen molar-refractivity contribution in [2.45, 2.75) is 88.4 Å². The van der Waals surface area contributed by atoms with Crippen LogP contribution >= 0.6 is 0 Å². The van der Waals surface area contributed by atoms with E-state index in [1.165, 1.54) is 36.8 Å². The van der Waals surface area contributed by atoms with E-state index in [1.807, 2.05) is 0 Å². The summed E-state index contributed by atoms with van der Waals surface area (Å²) >= 11 is 0. The van der Waals surface area contributed by atoms with Crippen LogP contribution in [0.25, 0.3) is 0 Å². The molecule has 0 aromatic heterocycles. The van der Waals surface area contributed by atoms with Crippen molar-refractivity contribution < 1.29 is 14.9 Å². The van der Waals surface area contributed by atoms with Crippen molar-refractivity contribution in [2.75, 3.05) is 0 Å². The van der Waals surface area contributed by atoms with Gasteiger partial charge in [-0.05, 0) is 98.8 Å². The van der Waals surface area contributed by atoms with Crippen LogP contribution in [0.4, 0.5) is 0 Å². The SMILES string of the molecule is C#C[C@]1(O)[C@H](O)CC2C3CCc4cc(OC5CCCC5)ccc4C3CCC21C. The number of aryl methyl sites for hydroxylation is 1. The lowest BCUT2D eigenvalue weighted by Crippen LogP contribution is -2.53. The summed E-state index contributed by atoms with van der Waals surface area (Å²) in [6, 6.07) is 6.73. The van der Waals surface area contributed by atoms with Gasteiger partial charge in [-0.3, -0.25) is 0 Å². The van der Waals surface area contributed by atoms with Gasteiger partial charge < -0.3 is 14.9 Å². The molecule has 0 aliphatic heterocycles. The molecule has 28 heavy (non-hydrogen) atoms. The fourth-order valence-corrected chi connectivity index (χ4v) is 7.11. The standard InChI is InChI=1S/C25H32O3/c1-3-25(27)23(26)15-22-21-10-8-16-14-18(28-17-6-4-5-7-17)9-11-19(16)20(21)12-13-24(22,25)2/h1,9,11,14,17,20-23,26-27H,4-8,10,12-13,15H2,2H3/t20?,21?,22?,23-,24?,25+/m1/s1. The van der Waals surface area contributed by atoms with E-state index in [9.17, 15) is 10.2 Å². The van der Waals surface area contributed by atoms with Crippen LogP contribution < -0.4 is 4.74 Å². The van der Waals surface area contributed by atoms with Crippen LogP contribution in [0.2, 0.25) is 0 Å². The predicted molar refractivity (Wildman–Crippen MR) is 109 cm³/mol. The zero-order valence-corrected chi connectivity index (χ0v) is 16.9. The summed E-state index contributed by atoms with van der Waals surface area (Å²) in [5.41, 5.74) is 1.13. The molecule has 3 saturated carbocycles. The molecular formula is C25H32O3. The number of fused-ring (bicyclic) bond motifs is 5. The number of rotatable bonds is 2. The van der Waals surface area contributed by atoms with Crippen LogP contribution in [-0.4, -0.2) is 28.0 Å². The lowest BCUT2D eigenvalue weighted by atomic mass is 9.53. The van der Waals surface area contributed by atoms with E-state index in [0.717, 1.165) is 31.4 Å². The Morgan fingerprint density at radius 2 is 1.96 bits per heavy atom. The van der Waals surface area contributed by atoms with Gasteiger partial charge >= 0.3 is 0 Å². The van der Waals surface area contributed by atoms with Crippen molar-refractivity contribution in [2.24, 2.45) is 17.3 Å². The highest BCUT2D eigenvalue weighted by Crippen LogP contribution is 2.64. The molecule has 3 nitrogen and oxygen atoms in total. The average Bonchev–Trinajstić information content (AvgIpc) is 3.27. The molecule has 0 bridgehead atoms. The van der Waals surface area contributed by atoms with Gasteiger partial charge in [0.2, 0.25) is 0 Å². The highest BCUT2D eigenvalue weighted by molar-refractivity contribution is 5.41. The van der Waals surface area contributed by atoms with E-state index in [2.05, 4.69) is 31.0 Å². The van der Waals surface area contributed by atoms with Crippen molar-refractivity contribution in [3.63, 3.8) is 0 Å². The average molecular weight is 381 g/mol. The maximum absolute atomic E-state index is 11.1. The Kier molecular flexibility index (Phi) is 4.30. The number of hydrogen-bond acceptors (Lipinski definition) is 3. The second kappa shape index (κ2) is 6.51. The van der Waals surface area contributed by atoms with Crippen LogP contribution in [0.15, 0.2) is 18.2 Å². The molecule has 150 valence electrons. The Morgan fingerprint density at radius 3 is 2.71 bits per heavy atom. The monoisotopic (exact) mass is 380 g/mol. The number of hydrogen-bond donors (Lipinski definition) is 2. The molecule has 3 heteroatoms. The van der Waals surface area contributed by atoms with Crippen LogP contribution in [0, 0.1) is 29.6 Å². The van der Waals surface area contributed by atoms with Crippen LogP contribution in [-0.2, 0) is 6.42 Å². The van der Waals surface area contributed by atoms with Gasteiger partial charge in [0, 0.05) is 5.41 Å². The highest BCUT2D eigenvalue weighted by atomic mass is 16.5. The van der Waals surface area contributed by atoms with E-state index < -0.39 is 11.7 Å². The highest BCUT2D eigenvalue weighted by Gasteiger charge is 2.65. The van der Waals surface area contributed by atoms with Crippen molar-refractivity contribution in [1.82, 2.24) is 0 Å². The summed E-state index contributed by atoms with van der Waals surface area (Å²) in [5, 5.41) is 21.7. The molecule has 1 aromatic rings. The molecule has 2 N–H and O–H groups in total. The van der Waals surface area contributed by atoms with E-state index in [1.54, 1.807) is 0 Å². The quantitative estimate of drug-likeness (QED) is 0.756. The molecule has 4 aliphatic rings. The summed E-state index contributed by atoms with van der Waals surface area (Å²) in [5.74, 6) is 4.89. The molecule has 0 saturated heterocycles. The fraction of sp³-hybridized carbons (Fsp3) is 0.680. The largest absolute Gasteiger partial charge is 0.490 e. The third kappa shape index (κ3) is 2.50. The summed E-state index contributed by atoms with van der Waals surface area (Å²) in [6.07, 6.45) is 14.9. The van der Waals surface area contributed by atoms with Crippen LogP contribution in [0.1, 0.15) is 75.3 Å². The number of aliphatic hydroxyl groups excluding tert-OH is 1. The third-order valence-electron chi connectivity index (χ3n) is 8.74. The maximum Gasteiger partial charge on any atom is 0.156 e. The molecule has 0 spiro atoms. The molecule has 0 heterocycles. The lowest BCUT2D eigenvalue weighted by molar-refractivity contribution is -0.101. The lowest BCUT2D eigenvalue weighted by Gasteiger charge is -2.52. The van der Waals surface area contributed by atoms with Gasteiger partial charge in [-0.1, -0.05) is 18.9 Å². The van der Waals surface area contributed by atoms with Gasteiger partial charge in [0.1, 0.15) is 5.75 Å². The predicted octanol–water partition coefficient (Wildman–Crippen LogP) is 4.20. The van der Waals surface area contributed by atoms with Gasteiger partial charge in [0.05, 0.1) is 12.2 Å². The van der Waals surface area contributed by atoms with Gasteiger partial charge in [-0.2, -0.15) is 0 Å². The van der Waals surface area contributed by atoms with Crippen molar-refractivity contribution in [3.05, 3.63) is 29.3 Å². The topological polar surface area (TPSA) is 49.7 Å². The Hall–Kier alpha value is -1.50. The van der Waals surface area contributed by atoms with Crippen molar-refractivity contribution in [3.8, 4) is 18.1 Å². The Labute approximate surface area is 168 Å². The van der Waals surface area contributed by atoms with Gasteiger partial charge in [-0.25, -0.2) is 0 Å². The second-order valence-corrected chi connectivity index (χ2v) is 9.92. The van der Waals surface area contributed by atoms with E-state index >= 15 is 0 Å². The maximum atomic E-state index is 11.1. The molecule has 1 aromatic carbocycles. The van der Waals surface area contributed by atoms with Gasteiger partial charge in [-0.15, -0.1) is 6.42 Å². The molecule has 0 radical (unpaired) electrons. The Balaban J connectivity index is 1.41. The smallest absolute Gasteiger partial charge is 0.156 e. The molecule has 4 unspecified atom stereocenters. The first-order valence-corrected chi connectivity index (χ1v) is 11.1. The summed E-state index contributed by atoms with van der Waals surface area (Å²) < 4.78 is 6.23. The first kappa shape index (κ1) is 18.5. The van der Waals surface area contributed by atoms with Crippen LogP contribution in [0.3, 0.4) is 0 Å². The molecule has 5 rings (SSSR count). The summed E-state index contributed by atoms with van der Waals surface area (Å²) in [4.78, 5) is 0. The second-order valence-electron chi connectivity index (χ2n) is 9.92. The first-order valence-electron chi connectivity index (χ1n) is 11.1. The fourth-order valence-electron chi connectivity index (χ4n) is 7.11. The molecule has 6 atom stereocenters. The molecular weight excluding hydrogens is 348 g/mol. The normalized spacial score (nSPS) is 42.4. The van der Waals surface area contributed by atoms with Gasteiger partial charge in [0.15, 0.2) is 5.60 Å².